The number of nitrogens with one attached hydrogen (secondary N) is 1. The van der Waals surface area contributed by atoms with Crippen molar-refractivity contribution < 1.29 is 4.79 Å². The molecule has 4 heteroatoms. The summed E-state index contributed by atoms with van der Waals surface area (Å²) in [5, 5.41) is 4.51. The van der Waals surface area contributed by atoms with Gasteiger partial charge >= 0.3 is 0 Å². The monoisotopic (exact) mass is 283 g/mol. The van der Waals surface area contributed by atoms with Gasteiger partial charge in [0.1, 0.15) is 0 Å². The number of fused-ring (bicyclic) bond motifs is 1. The Morgan fingerprint density at radius 1 is 1.33 bits per heavy atom. The highest BCUT2D eigenvalue weighted by Gasteiger charge is 2.23. The lowest BCUT2D eigenvalue weighted by molar-refractivity contribution is 0.0941. The third kappa shape index (κ3) is 2.52. The molecule has 1 aliphatic rings. The van der Waals surface area contributed by atoms with Gasteiger partial charge < -0.3 is 5.32 Å². The Morgan fingerprint density at radius 2 is 2.05 bits per heavy atom. The van der Waals surface area contributed by atoms with Crippen LogP contribution < -0.4 is 5.32 Å². The molecule has 1 saturated heterocycles. The van der Waals surface area contributed by atoms with Gasteiger partial charge in [0, 0.05) is 44.7 Å². The van der Waals surface area contributed by atoms with Crippen LogP contribution in [0, 0.1) is 0 Å². The summed E-state index contributed by atoms with van der Waals surface area (Å²) in [6.45, 7) is 9.60. The molecule has 0 saturated carbocycles. The highest BCUT2D eigenvalue weighted by molar-refractivity contribution is 5.94. The van der Waals surface area contributed by atoms with Crippen molar-refractivity contribution in [2.75, 3.05) is 26.2 Å². The predicted molar refractivity (Wildman–Crippen MR) is 85.6 cm³/mol. The standard InChI is InChI=1S/C17H21N3O/c1-3-16(19-10-8-18-9-11-19)15-12-20(13(2)21)17-7-5-4-6-14(15)17/h3-7,12,16,18H,1,8-11H2,2H3/t16-/m0/s1. The van der Waals surface area contributed by atoms with Crippen molar-refractivity contribution in [1.29, 1.82) is 0 Å². The Hall–Kier alpha value is -1.91. The Kier molecular flexibility index (Phi) is 3.90. The Morgan fingerprint density at radius 3 is 2.71 bits per heavy atom. The van der Waals surface area contributed by atoms with E-state index in [0.29, 0.717) is 0 Å². The fraction of sp³-hybridized carbons (Fsp3) is 0.353. The van der Waals surface area contributed by atoms with Crippen LogP contribution in [0.1, 0.15) is 23.3 Å². The van der Waals surface area contributed by atoms with Gasteiger partial charge in [0.15, 0.2) is 0 Å². The Labute approximate surface area is 125 Å². The highest BCUT2D eigenvalue weighted by atomic mass is 16.1. The molecule has 0 aliphatic carbocycles. The molecule has 0 amide bonds. The molecule has 1 atom stereocenters. The van der Waals surface area contributed by atoms with Crippen LogP contribution in [-0.4, -0.2) is 41.6 Å². The van der Waals surface area contributed by atoms with Crippen LogP contribution in [0.3, 0.4) is 0 Å². The van der Waals surface area contributed by atoms with E-state index in [9.17, 15) is 4.79 Å². The van der Waals surface area contributed by atoms with Gasteiger partial charge in [0.2, 0.25) is 5.91 Å². The van der Waals surface area contributed by atoms with Crippen LogP contribution in [0.4, 0.5) is 0 Å². The van der Waals surface area contributed by atoms with Crippen molar-refractivity contribution in [3.63, 3.8) is 0 Å². The van der Waals surface area contributed by atoms with Crippen molar-refractivity contribution in [1.82, 2.24) is 14.8 Å². The van der Waals surface area contributed by atoms with Crippen LogP contribution >= 0.6 is 0 Å². The predicted octanol–water partition coefficient (Wildman–Crippen LogP) is 2.43. The Balaban J connectivity index is 2.09. The number of carbonyl (C=O) groups excluding carboxylic acids is 1. The third-order valence-corrected chi connectivity index (χ3v) is 4.17. The molecule has 4 nitrogen and oxygen atoms in total. The number of hydrogen-bond donors (Lipinski definition) is 1. The van der Waals surface area contributed by atoms with Gasteiger partial charge in [-0.05, 0) is 11.6 Å². The third-order valence-electron chi connectivity index (χ3n) is 4.17. The molecular weight excluding hydrogens is 262 g/mol. The molecule has 2 heterocycles. The molecule has 1 aromatic carbocycles. The number of hydrogen-bond acceptors (Lipinski definition) is 3. The van der Waals surface area contributed by atoms with Gasteiger partial charge in [0.05, 0.1) is 11.6 Å². The maximum Gasteiger partial charge on any atom is 0.227 e. The van der Waals surface area contributed by atoms with E-state index in [1.165, 1.54) is 0 Å². The first-order valence-electron chi connectivity index (χ1n) is 7.40. The van der Waals surface area contributed by atoms with Gasteiger partial charge in [-0.15, -0.1) is 6.58 Å². The molecule has 0 spiro atoms. The second kappa shape index (κ2) is 5.84. The van der Waals surface area contributed by atoms with Crippen molar-refractivity contribution in [2.45, 2.75) is 13.0 Å². The van der Waals surface area contributed by atoms with E-state index in [4.69, 9.17) is 0 Å². The molecule has 1 N–H and O–H groups in total. The molecule has 1 aromatic heterocycles. The number of benzene rings is 1. The average Bonchev–Trinajstić information content (AvgIpc) is 2.89. The Bertz CT molecular complexity index is 668. The number of carbonyl (C=O) groups is 1. The summed E-state index contributed by atoms with van der Waals surface area (Å²) < 4.78 is 1.74. The van der Waals surface area contributed by atoms with Crippen molar-refractivity contribution in [3.05, 3.63) is 48.7 Å². The number of rotatable bonds is 3. The lowest BCUT2D eigenvalue weighted by Crippen LogP contribution is -2.44. The summed E-state index contributed by atoms with van der Waals surface area (Å²) >= 11 is 0. The van der Waals surface area contributed by atoms with E-state index in [-0.39, 0.29) is 11.9 Å². The minimum absolute atomic E-state index is 0.0422. The highest BCUT2D eigenvalue weighted by Crippen LogP contribution is 2.31. The minimum Gasteiger partial charge on any atom is -0.314 e. The first kappa shape index (κ1) is 14.0. The normalized spacial score (nSPS) is 17.8. The summed E-state index contributed by atoms with van der Waals surface area (Å²) in [5.41, 5.74) is 2.14. The fourth-order valence-corrected chi connectivity index (χ4v) is 3.14. The van der Waals surface area contributed by atoms with E-state index in [1.807, 2.05) is 30.5 Å². The van der Waals surface area contributed by atoms with Gasteiger partial charge in [-0.3, -0.25) is 14.3 Å². The molecule has 0 radical (unpaired) electrons. The van der Waals surface area contributed by atoms with Crippen molar-refractivity contribution in [2.24, 2.45) is 0 Å². The molecule has 3 rings (SSSR count). The molecule has 21 heavy (non-hydrogen) atoms. The first-order valence-corrected chi connectivity index (χ1v) is 7.40. The fourth-order valence-electron chi connectivity index (χ4n) is 3.14. The maximum atomic E-state index is 11.9. The van der Waals surface area contributed by atoms with Crippen molar-refractivity contribution >= 4 is 16.8 Å². The zero-order valence-electron chi connectivity index (χ0n) is 12.4. The lowest BCUT2D eigenvalue weighted by Gasteiger charge is -2.33. The van der Waals surface area contributed by atoms with Crippen LogP contribution in [0.25, 0.3) is 10.9 Å². The van der Waals surface area contributed by atoms with Crippen LogP contribution in [0.15, 0.2) is 43.1 Å². The van der Waals surface area contributed by atoms with E-state index >= 15 is 0 Å². The van der Waals surface area contributed by atoms with Gasteiger partial charge in [-0.2, -0.15) is 0 Å². The van der Waals surface area contributed by atoms with E-state index in [2.05, 4.69) is 22.9 Å². The molecule has 1 fully saturated rings. The second-order valence-electron chi connectivity index (χ2n) is 5.46. The molecular formula is C17H21N3O. The molecule has 0 unspecified atom stereocenters. The maximum absolute atomic E-state index is 11.9. The van der Waals surface area contributed by atoms with E-state index in [1.54, 1.807) is 11.5 Å². The largest absolute Gasteiger partial charge is 0.314 e. The second-order valence-corrected chi connectivity index (χ2v) is 5.46. The number of para-hydroxylation sites is 1. The lowest BCUT2D eigenvalue weighted by atomic mass is 10.0. The first-order chi connectivity index (χ1) is 10.2. The summed E-state index contributed by atoms with van der Waals surface area (Å²) in [6.07, 6.45) is 3.96. The number of nitrogens with zero attached hydrogens (tertiary/aromatic N) is 2. The van der Waals surface area contributed by atoms with Crippen molar-refractivity contribution in [3.8, 4) is 0 Å². The van der Waals surface area contributed by atoms with Crippen LogP contribution in [0.5, 0.6) is 0 Å². The molecule has 0 bridgehead atoms. The number of piperazine rings is 1. The summed E-state index contributed by atoms with van der Waals surface area (Å²) in [4.78, 5) is 14.3. The zero-order valence-corrected chi connectivity index (χ0v) is 12.4. The van der Waals surface area contributed by atoms with Gasteiger partial charge in [-0.1, -0.05) is 24.3 Å². The number of aromatic nitrogens is 1. The summed E-state index contributed by atoms with van der Waals surface area (Å²) in [7, 11) is 0. The quantitative estimate of drug-likeness (QED) is 0.879. The average molecular weight is 283 g/mol. The zero-order chi connectivity index (χ0) is 14.8. The molecule has 110 valence electrons. The summed E-state index contributed by atoms with van der Waals surface area (Å²) in [5.74, 6) is 0.0422. The topological polar surface area (TPSA) is 37.3 Å². The minimum atomic E-state index is 0.0422. The van der Waals surface area contributed by atoms with Gasteiger partial charge in [-0.25, -0.2) is 0 Å². The molecule has 2 aromatic rings. The van der Waals surface area contributed by atoms with E-state index in [0.717, 1.165) is 42.6 Å². The smallest absolute Gasteiger partial charge is 0.227 e. The van der Waals surface area contributed by atoms with Crippen LogP contribution in [0.2, 0.25) is 0 Å². The SMILES string of the molecule is C=C[C@@H](c1cn(C(C)=O)c2ccccc12)N1CCNCC1. The molecule has 1 aliphatic heterocycles. The van der Waals surface area contributed by atoms with Gasteiger partial charge in [0.25, 0.3) is 0 Å². The summed E-state index contributed by atoms with van der Waals surface area (Å²) in [6, 6.07) is 8.23. The van der Waals surface area contributed by atoms with E-state index < -0.39 is 0 Å². The van der Waals surface area contributed by atoms with Crippen LogP contribution in [-0.2, 0) is 0 Å².